The number of amides is 1. The molecule has 1 unspecified atom stereocenters. The molecule has 1 fully saturated rings. The first-order chi connectivity index (χ1) is 12.6. The maximum Gasteiger partial charge on any atom is 0.234 e. The Morgan fingerprint density at radius 3 is 2.81 bits per heavy atom. The van der Waals surface area contributed by atoms with Gasteiger partial charge in [0.15, 0.2) is 11.6 Å². The molecule has 1 aliphatic rings. The minimum atomic E-state index is -0.343. The number of likely N-dealkylation sites (tertiary alicyclic amines) is 1. The van der Waals surface area contributed by atoms with Crippen LogP contribution in [-0.2, 0) is 11.2 Å². The first-order valence-corrected chi connectivity index (χ1v) is 9.51. The summed E-state index contributed by atoms with van der Waals surface area (Å²) in [5.74, 6) is 0.784. The van der Waals surface area contributed by atoms with Crippen LogP contribution in [0.1, 0.15) is 40.5 Å². The number of nitrogens with zero attached hydrogens (tertiary/aromatic N) is 5. The number of benzene rings is 1. The molecule has 3 aromatic rings. The highest BCUT2D eigenvalue weighted by atomic mass is 32.1. The summed E-state index contributed by atoms with van der Waals surface area (Å²) in [4.78, 5) is 27.9. The number of fused-ring (bicyclic) bond motifs is 1. The van der Waals surface area contributed by atoms with Crippen LogP contribution < -0.4 is 0 Å². The highest BCUT2D eigenvalue weighted by Gasteiger charge is 2.34. The van der Waals surface area contributed by atoms with Crippen LogP contribution in [0.25, 0.3) is 4.96 Å². The van der Waals surface area contributed by atoms with Crippen LogP contribution >= 0.6 is 11.3 Å². The van der Waals surface area contributed by atoms with E-state index in [0.717, 1.165) is 28.6 Å². The zero-order valence-electron chi connectivity index (χ0n) is 14.5. The molecule has 0 saturated carbocycles. The standard InChI is InChI=1S/C18H19N5O2S/c1-12-19-20-18-23(12)21-15(26-18)9-10-16(24)22-11-5-8-14(22)17(25)13-6-3-2-4-7-13/h2-4,6-7,14H,5,8-11H2,1H3. The van der Waals surface area contributed by atoms with Crippen molar-refractivity contribution in [1.29, 1.82) is 0 Å². The van der Waals surface area contributed by atoms with E-state index in [1.165, 1.54) is 11.3 Å². The first-order valence-electron chi connectivity index (χ1n) is 8.70. The number of aryl methyl sites for hydroxylation is 2. The topological polar surface area (TPSA) is 80.5 Å². The van der Waals surface area contributed by atoms with Crippen molar-refractivity contribution in [2.24, 2.45) is 0 Å². The van der Waals surface area contributed by atoms with Gasteiger partial charge in [0.25, 0.3) is 0 Å². The number of ketones is 1. The molecule has 0 bridgehead atoms. The molecule has 134 valence electrons. The van der Waals surface area contributed by atoms with Crippen molar-refractivity contribution < 1.29 is 9.59 Å². The lowest BCUT2D eigenvalue weighted by molar-refractivity contribution is -0.131. The zero-order valence-corrected chi connectivity index (χ0v) is 15.3. The first kappa shape index (κ1) is 16.8. The van der Waals surface area contributed by atoms with Crippen LogP contribution in [0, 0.1) is 6.92 Å². The van der Waals surface area contributed by atoms with Gasteiger partial charge in [0.2, 0.25) is 10.9 Å². The van der Waals surface area contributed by atoms with Gasteiger partial charge in [-0.3, -0.25) is 9.59 Å². The number of rotatable bonds is 5. The number of hydrogen-bond acceptors (Lipinski definition) is 6. The van der Waals surface area contributed by atoms with Crippen LogP contribution in [0.5, 0.6) is 0 Å². The van der Waals surface area contributed by atoms with E-state index in [1.54, 1.807) is 9.42 Å². The smallest absolute Gasteiger partial charge is 0.234 e. The Morgan fingerprint density at radius 2 is 2.04 bits per heavy atom. The molecular weight excluding hydrogens is 350 g/mol. The summed E-state index contributed by atoms with van der Waals surface area (Å²) < 4.78 is 1.70. The van der Waals surface area contributed by atoms with Gasteiger partial charge < -0.3 is 4.90 Å². The van der Waals surface area contributed by atoms with Crippen LogP contribution in [0.2, 0.25) is 0 Å². The Bertz CT molecular complexity index is 949. The Kier molecular flexibility index (Phi) is 4.50. The second kappa shape index (κ2) is 6.95. The predicted molar refractivity (Wildman–Crippen MR) is 97.2 cm³/mol. The van der Waals surface area contributed by atoms with Gasteiger partial charge in [0, 0.05) is 24.9 Å². The molecule has 7 nitrogen and oxygen atoms in total. The molecule has 1 amide bonds. The highest BCUT2D eigenvalue weighted by Crippen LogP contribution is 2.23. The van der Waals surface area contributed by atoms with E-state index in [2.05, 4.69) is 15.3 Å². The van der Waals surface area contributed by atoms with Gasteiger partial charge in [-0.15, -0.1) is 10.2 Å². The van der Waals surface area contributed by atoms with Gasteiger partial charge in [-0.2, -0.15) is 9.61 Å². The monoisotopic (exact) mass is 369 g/mol. The van der Waals surface area contributed by atoms with Crippen molar-refractivity contribution in [1.82, 2.24) is 24.7 Å². The zero-order chi connectivity index (χ0) is 18.1. The van der Waals surface area contributed by atoms with E-state index >= 15 is 0 Å². The van der Waals surface area contributed by atoms with Crippen molar-refractivity contribution in [3.63, 3.8) is 0 Å². The van der Waals surface area contributed by atoms with Gasteiger partial charge in [-0.25, -0.2) is 0 Å². The van der Waals surface area contributed by atoms with E-state index in [0.29, 0.717) is 24.9 Å². The van der Waals surface area contributed by atoms with Crippen molar-refractivity contribution >= 4 is 28.0 Å². The Hall–Kier alpha value is -2.61. The molecule has 0 N–H and O–H groups in total. The molecule has 1 aromatic carbocycles. The molecule has 3 heterocycles. The quantitative estimate of drug-likeness (QED) is 0.645. The average molecular weight is 369 g/mol. The molecular formula is C18H19N5O2S. The third-order valence-corrected chi connectivity index (χ3v) is 5.63. The van der Waals surface area contributed by atoms with Gasteiger partial charge in [0.1, 0.15) is 5.01 Å². The molecule has 1 atom stereocenters. The summed E-state index contributed by atoms with van der Waals surface area (Å²) in [6.07, 6.45) is 2.50. The fourth-order valence-corrected chi connectivity index (χ4v) is 4.22. The molecule has 4 rings (SSSR count). The van der Waals surface area contributed by atoms with Crippen LogP contribution in [-0.4, -0.2) is 49.0 Å². The predicted octanol–water partition coefficient (Wildman–Crippen LogP) is 2.30. The van der Waals surface area contributed by atoms with Gasteiger partial charge in [-0.05, 0) is 19.8 Å². The minimum absolute atomic E-state index is 0.0134. The summed E-state index contributed by atoms with van der Waals surface area (Å²) in [5.41, 5.74) is 0.668. The molecule has 1 aliphatic heterocycles. The number of aromatic nitrogens is 4. The van der Waals surface area contributed by atoms with Crippen molar-refractivity contribution in [3.05, 3.63) is 46.7 Å². The normalized spacial score (nSPS) is 17.1. The van der Waals surface area contributed by atoms with E-state index in [9.17, 15) is 9.59 Å². The summed E-state index contributed by atoms with van der Waals surface area (Å²) in [6, 6.07) is 8.87. The molecule has 0 aliphatic carbocycles. The number of carbonyl (C=O) groups is 2. The summed E-state index contributed by atoms with van der Waals surface area (Å²) in [6.45, 7) is 2.49. The molecule has 2 aromatic heterocycles. The van der Waals surface area contributed by atoms with Crippen LogP contribution in [0.4, 0.5) is 0 Å². The third-order valence-electron chi connectivity index (χ3n) is 4.68. The Balaban J connectivity index is 1.42. The van der Waals surface area contributed by atoms with Crippen molar-refractivity contribution in [2.75, 3.05) is 6.54 Å². The fourth-order valence-electron chi connectivity index (χ4n) is 3.35. The highest BCUT2D eigenvalue weighted by molar-refractivity contribution is 7.16. The van der Waals surface area contributed by atoms with Crippen LogP contribution in [0.15, 0.2) is 30.3 Å². The fraction of sp³-hybridized carbons (Fsp3) is 0.389. The van der Waals surface area contributed by atoms with Gasteiger partial charge in [0.05, 0.1) is 6.04 Å². The third kappa shape index (κ3) is 3.12. The van der Waals surface area contributed by atoms with E-state index < -0.39 is 0 Å². The molecule has 0 spiro atoms. The summed E-state index contributed by atoms with van der Waals surface area (Å²) in [5, 5.41) is 13.3. The van der Waals surface area contributed by atoms with Crippen molar-refractivity contribution in [2.45, 2.75) is 38.6 Å². The van der Waals surface area contributed by atoms with Crippen LogP contribution in [0.3, 0.4) is 0 Å². The molecule has 26 heavy (non-hydrogen) atoms. The van der Waals surface area contributed by atoms with E-state index in [1.807, 2.05) is 37.3 Å². The molecule has 0 radical (unpaired) electrons. The maximum atomic E-state index is 12.7. The second-order valence-electron chi connectivity index (χ2n) is 6.41. The maximum absolute atomic E-state index is 12.7. The lowest BCUT2D eigenvalue weighted by atomic mass is 10.0. The average Bonchev–Trinajstić information content (AvgIpc) is 3.37. The Morgan fingerprint density at radius 1 is 1.23 bits per heavy atom. The van der Waals surface area contributed by atoms with E-state index in [4.69, 9.17) is 0 Å². The summed E-state index contributed by atoms with van der Waals surface area (Å²) in [7, 11) is 0. The lowest BCUT2D eigenvalue weighted by Crippen LogP contribution is -2.40. The number of hydrogen-bond donors (Lipinski definition) is 0. The molecule has 1 saturated heterocycles. The number of carbonyl (C=O) groups excluding carboxylic acids is 2. The summed E-state index contributed by atoms with van der Waals surface area (Å²) >= 11 is 1.45. The lowest BCUT2D eigenvalue weighted by Gasteiger charge is -2.23. The van der Waals surface area contributed by atoms with Gasteiger partial charge >= 0.3 is 0 Å². The SMILES string of the molecule is Cc1nnc2sc(CCC(=O)N3CCCC3C(=O)c3ccccc3)nn12. The Labute approximate surface area is 154 Å². The van der Waals surface area contributed by atoms with Gasteiger partial charge in [-0.1, -0.05) is 41.7 Å². The minimum Gasteiger partial charge on any atom is -0.332 e. The second-order valence-corrected chi connectivity index (χ2v) is 7.45. The van der Waals surface area contributed by atoms with Crippen molar-refractivity contribution in [3.8, 4) is 0 Å². The molecule has 8 heteroatoms. The number of Topliss-reactive ketones (excluding diaryl/α,β-unsaturated/α-hetero) is 1. The van der Waals surface area contributed by atoms with E-state index in [-0.39, 0.29) is 17.7 Å². The largest absolute Gasteiger partial charge is 0.332 e.